The SMILES string of the molecule is C/C=C(\OC(C)C)O[Si](C)(C)C(C)(C)C. The van der Waals surface area contributed by atoms with Gasteiger partial charge in [0.2, 0.25) is 0 Å². The molecule has 0 saturated heterocycles. The molecule has 0 heterocycles. The number of hydrogen-bond acceptors (Lipinski definition) is 2. The minimum Gasteiger partial charge on any atom is -0.519 e. The standard InChI is InChI=1S/C12H26O2Si/c1-9-11(13-10(2)3)14-15(7,8)12(4,5)6/h9-10H,1-8H3/b11-9+. The minimum atomic E-state index is -1.75. The summed E-state index contributed by atoms with van der Waals surface area (Å²) in [6.45, 7) is 17.1. The Morgan fingerprint density at radius 3 is 1.93 bits per heavy atom. The number of ether oxygens (including phenoxy) is 1. The highest BCUT2D eigenvalue weighted by molar-refractivity contribution is 6.74. The van der Waals surface area contributed by atoms with Gasteiger partial charge in [0.1, 0.15) is 0 Å². The van der Waals surface area contributed by atoms with Crippen molar-refractivity contribution in [2.24, 2.45) is 0 Å². The van der Waals surface area contributed by atoms with Crippen LogP contribution in [0.2, 0.25) is 18.1 Å². The molecule has 0 spiro atoms. The summed E-state index contributed by atoms with van der Waals surface area (Å²) in [4.78, 5) is 0. The molecule has 0 aromatic rings. The Hall–Kier alpha value is -0.443. The van der Waals surface area contributed by atoms with E-state index in [1.54, 1.807) is 0 Å². The van der Waals surface area contributed by atoms with Crippen molar-refractivity contribution in [3.8, 4) is 0 Å². The van der Waals surface area contributed by atoms with Crippen LogP contribution in [0.1, 0.15) is 41.5 Å². The van der Waals surface area contributed by atoms with Crippen molar-refractivity contribution >= 4 is 8.32 Å². The van der Waals surface area contributed by atoms with Crippen LogP contribution in [-0.2, 0) is 9.16 Å². The zero-order valence-corrected chi connectivity index (χ0v) is 12.5. The maximum atomic E-state index is 6.04. The van der Waals surface area contributed by atoms with E-state index in [2.05, 4.69) is 33.9 Å². The molecule has 0 aliphatic rings. The van der Waals surface area contributed by atoms with Gasteiger partial charge in [0.15, 0.2) is 0 Å². The summed E-state index contributed by atoms with van der Waals surface area (Å²) < 4.78 is 11.6. The molecule has 0 aromatic carbocycles. The lowest BCUT2D eigenvalue weighted by Gasteiger charge is -2.37. The Morgan fingerprint density at radius 2 is 1.67 bits per heavy atom. The first-order valence-corrected chi connectivity index (χ1v) is 8.53. The van der Waals surface area contributed by atoms with E-state index in [-0.39, 0.29) is 11.1 Å². The monoisotopic (exact) mass is 230 g/mol. The van der Waals surface area contributed by atoms with Crippen molar-refractivity contribution < 1.29 is 9.16 Å². The third-order valence-corrected chi connectivity index (χ3v) is 7.07. The lowest BCUT2D eigenvalue weighted by atomic mass is 10.2. The fourth-order valence-corrected chi connectivity index (χ4v) is 1.76. The van der Waals surface area contributed by atoms with E-state index in [4.69, 9.17) is 9.16 Å². The molecule has 0 fully saturated rings. The highest BCUT2D eigenvalue weighted by Gasteiger charge is 2.39. The third-order valence-electron chi connectivity index (χ3n) is 2.75. The van der Waals surface area contributed by atoms with Crippen LogP contribution >= 0.6 is 0 Å². The zero-order valence-electron chi connectivity index (χ0n) is 11.5. The van der Waals surface area contributed by atoms with E-state index in [1.165, 1.54) is 0 Å². The van der Waals surface area contributed by atoms with Crippen LogP contribution in [0.15, 0.2) is 12.0 Å². The highest BCUT2D eigenvalue weighted by Crippen LogP contribution is 2.38. The molecule has 2 nitrogen and oxygen atoms in total. The molecule has 0 aliphatic heterocycles. The number of rotatable bonds is 4. The van der Waals surface area contributed by atoms with Gasteiger partial charge in [-0.15, -0.1) is 0 Å². The number of hydrogen-bond donors (Lipinski definition) is 0. The van der Waals surface area contributed by atoms with Crippen LogP contribution in [-0.4, -0.2) is 14.4 Å². The van der Waals surface area contributed by atoms with Gasteiger partial charge in [0.05, 0.1) is 6.10 Å². The van der Waals surface area contributed by atoms with E-state index in [9.17, 15) is 0 Å². The van der Waals surface area contributed by atoms with Gasteiger partial charge in [-0.1, -0.05) is 20.8 Å². The lowest BCUT2D eigenvalue weighted by Crippen LogP contribution is -2.40. The van der Waals surface area contributed by atoms with Gasteiger partial charge >= 0.3 is 0 Å². The van der Waals surface area contributed by atoms with E-state index in [1.807, 2.05) is 26.8 Å². The number of allylic oxidation sites excluding steroid dienone is 1. The summed E-state index contributed by atoms with van der Waals surface area (Å²) in [5.74, 6) is 0.677. The summed E-state index contributed by atoms with van der Waals surface area (Å²) in [5, 5.41) is 0.210. The van der Waals surface area contributed by atoms with Crippen LogP contribution in [0, 0.1) is 0 Å². The second-order valence-electron chi connectivity index (χ2n) is 5.64. The fourth-order valence-electron chi connectivity index (χ4n) is 0.788. The molecule has 0 amide bonds. The molecule has 0 N–H and O–H groups in total. The summed E-state index contributed by atoms with van der Waals surface area (Å²) in [6.07, 6.45) is 2.07. The van der Waals surface area contributed by atoms with Crippen molar-refractivity contribution in [1.82, 2.24) is 0 Å². The zero-order chi connectivity index (χ0) is 12.3. The molecule has 15 heavy (non-hydrogen) atoms. The van der Waals surface area contributed by atoms with Crippen LogP contribution < -0.4 is 0 Å². The molecule has 0 bridgehead atoms. The normalized spacial score (nSPS) is 14.3. The Kier molecular flexibility index (Phi) is 4.91. The molecule has 0 saturated carbocycles. The minimum absolute atomic E-state index is 0.168. The molecular formula is C12H26O2Si. The quantitative estimate of drug-likeness (QED) is 0.530. The molecule has 0 atom stereocenters. The third kappa shape index (κ3) is 4.73. The summed E-state index contributed by atoms with van der Waals surface area (Å²) in [5.41, 5.74) is 0. The molecule has 0 aromatic heterocycles. The second-order valence-corrected chi connectivity index (χ2v) is 10.4. The average Bonchev–Trinajstić information content (AvgIpc) is 1.99. The van der Waals surface area contributed by atoms with E-state index in [0.717, 1.165) is 0 Å². The van der Waals surface area contributed by atoms with Gasteiger partial charge in [0, 0.05) is 0 Å². The van der Waals surface area contributed by atoms with Crippen LogP contribution in [0.25, 0.3) is 0 Å². The first-order chi connectivity index (χ1) is 6.60. The van der Waals surface area contributed by atoms with Gasteiger partial charge in [-0.2, -0.15) is 0 Å². The smallest absolute Gasteiger partial charge is 0.261 e. The van der Waals surface area contributed by atoms with Crippen molar-refractivity contribution in [2.45, 2.75) is 65.8 Å². The predicted molar refractivity (Wildman–Crippen MR) is 68.3 cm³/mol. The predicted octanol–water partition coefficient (Wildman–Crippen LogP) is 4.29. The highest BCUT2D eigenvalue weighted by atomic mass is 28.4. The fraction of sp³-hybridized carbons (Fsp3) is 0.833. The van der Waals surface area contributed by atoms with Gasteiger partial charge in [-0.05, 0) is 45.0 Å². The van der Waals surface area contributed by atoms with Crippen LogP contribution in [0.5, 0.6) is 0 Å². The van der Waals surface area contributed by atoms with E-state index >= 15 is 0 Å². The van der Waals surface area contributed by atoms with Crippen molar-refractivity contribution in [3.05, 3.63) is 12.0 Å². The topological polar surface area (TPSA) is 18.5 Å². The van der Waals surface area contributed by atoms with E-state index in [0.29, 0.717) is 5.95 Å². The maximum Gasteiger partial charge on any atom is 0.261 e. The lowest BCUT2D eigenvalue weighted by molar-refractivity contribution is 0.0565. The molecule has 0 unspecified atom stereocenters. The summed E-state index contributed by atoms with van der Waals surface area (Å²) >= 11 is 0. The first-order valence-electron chi connectivity index (χ1n) is 5.62. The summed E-state index contributed by atoms with van der Waals surface area (Å²) in [6, 6.07) is 0. The van der Waals surface area contributed by atoms with Crippen molar-refractivity contribution in [3.63, 3.8) is 0 Å². The molecule has 0 rings (SSSR count). The van der Waals surface area contributed by atoms with Gasteiger partial charge in [-0.25, -0.2) is 0 Å². The molecule has 0 aliphatic carbocycles. The van der Waals surface area contributed by atoms with Gasteiger partial charge < -0.3 is 9.16 Å². The first kappa shape index (κ1) is 14.6. The Labute approximate surface area is 95.8 Å². The van der Waals surface area contributed by atoms with Crippen LogP contribution in [0.4, 0.5) is 0 Å². The van der Waals surface area contributed by atoms with Crippen LogP contribution in [0.3, 0.4) is 0 Å². The van der Waals surface area contributed by atoms with Crippen molar-refractivity contribution in [1.29, 1.82) is 0 Å². The second kappa shape index (κ2) is 5.06. The van der Waals surface area contributed by atoms with E-state index < -0.39 is 8.32 Å². The summed E-state index contributed by atoms with van der Waals surface area (Å²) in [7, 11) is -1.75. The van der Waals surface area contributed by atoms with Crippen molar-refractivity contribution in [2.75, 3.05) is 0 Å². The largest absolute Gasteiger partial charge is 0.519 e. The molecule has 0 radical (unpaired) electrons. The average molecular weight is 230 g/mol. The molecule has 3 heteroatoms. The Balaban J connectivity index is 4.56. The Morgan fingerprint density at radius 1 is 1.20 bits per heavy atom. The van der Waals surface area contributed by atoms with Gasteiger partial charge in [-0.3, -0.25) is 0 Å². The Bertz CT molecular complexity index is 224. The molecule has 90 valence electrons. The van der Waals surface area contributed by atoms with Gasteiger partial charge in [0.25, 0.3) is 14.3 Å². The maximum absolute atomic E-state index is 6.04. The molecular weight excluding hydrogens is 204 g/mol.